The van der Waals surface area contributed by atoms with E-state index >= 15 is 0 Å². The Labute approximate surface area is 638 Å². The monoisotopic (exact) mass is 1520 g/mol. The van der Waals surface area contributed by atoms with Crippen LogP contribution in [0.3, 0.4) is 0 Å². The van der Waals surface area contributed by atoms with Crippen molar-refractivity contribution < 1.29 is 80.2 Å². The molecular weight excluding hydrogens is 1350 g/mol. The standard InChI is InChI=1S/C85H166O17P2/c1-6-9-12-15-18-21-23-25-27-29-30-31-32-38-42-46-51-56-61-66-71-85(90)102-81(75-96-83(88)69-64-59-54-49-44-40-37-34-33-35-39-43-48-52-57-62-67-78(4)5)77-100-104(93,94)98-73-79(86)72-97-103(91,92)99-76-80(74-95-82(87)68-63-58-53-47-20-17-14-11-8-3)101-84(89)70-65-60-55-50-45-41-36-28-26-24-22-19-16-13-10-7-2/h78-81,86H,6-77H2,1-5H3,(H,91,92)(H,93,94)/t79-,80+,81+/m0/s1. The topological polar surface area (TPSA) is 237 Å². The molecule has 3 N–H and O–H groups in total. The molecular formula is C85H166O17P2. The zero-order valence-electron chi connectivity index (χ0n) is 68.2. The molecule has 0 aromatic carbocycles. The fraction of sp³-hybridized carbons (Fsp3) is 0.953. The quantitative estimate of drug-likeness (QED) is 0.0222. The number of phosphoric ester groups is 2. The van der Waals surface area contributed by atoms with Gasteiger partial charge in [0.05, 0.1) is 26.4 Å². The van der Waals surface area contributed by atoms with E-state index in [9.17, 15) is 43.2 Å². The molecule has 0 amide bonds. The van der Waals surface area contributed by atoms with Crippen LogP contribution in [0.2, 0.25) is 0 Å². The predicted octanol–water partition coefficient (Wildman–Crippen LogP) is 26.0. The summed E-state index contributed by atoms with van der Waals surface area (Å²) in [6.45, 7) is 7.38. The summed E-state index contributed by atoms with van der Waals surface area (Å²) in [5.74, 6) is -1.29. The molecule has 0 fully saturated rings. The lowest BCUT2D eigenvalue weighted by molar-refractivity contribution is -0.161. The molecule has 0 aliphatic carbocycles. The Kier molecular flexibility index (Phi) is 76.3. The van der Waals surface area contributed by atoms with Gasteiger partial charge in [-0.05, 0) is 31.6 Å². The van der Waals surface area contributed by atoms with E-state index in [2.05, 4.69) is 34.6 Å². The number of hydrogen-bond acceptors (Lipinski definition) is 15. The fourth-order valence-electron chi connectivity index (χ4n) is 13.3. The molecule has 0 aromatic rings. The third-order valence-electron chi connectivity index (χ3n) is 20.0. The Morgan fingerprint density at radius 1 is 0.260 bits per heavy atom. The first-order valence-corrected chi connectivity index (χ1v) is 47.1. The van der Waals surface area contributed by atoms with E-state index in [0.717, 1.165) is 95.8 Å². The molecule has 104 heavy (non-hydrogen) atoms. The summed E-state index contributed by atoms with van der Waals surface area (Å²) in [5, 5.41) is 10.7. The molecule has 618 valence electrons. The first-order valence-electron chi connectivity index (χ1n) is 44.1. The van der Waals surface area contributed by atoms with E-state index in [0.29, 0.717) is 25.7 Å². The molecule has 0 aliphatic heterocycles. The van der Waals surface area contributed by atoms with Crippen LogP contribution in [0.25, 0.3) is 0 Å². The summed E-state index contributed by atoms with van der Waals surface area (Å²) in [6, 6.07) is 0. The summed E-state index contributed by atoms with van der Waals surface area (Å²) in [7, 11) is -9.92. The van der Waals surface area contributed by atoms with Crippen molar-refractivity contribution in [3.05, 3.63) is 0 Å². The highest BCUT2D eigenvalue weighted by molar-refractivity contribution is 7.47. The number of ether oxygens (including phenoxy) is 4. The van der Waals surface area contributed by atoms with Gasteiger partial charge in [0.1, 0.15) is 19.3 Å². The molecule has 0 saturated heterocycles. The van der Waals surface area contributed by atoms with E-state index in [1.807, 2.05) is 0 Å². The van der Waals surface area contributed by atoms with Gasteiger partial charge in [-0.3, -0.25) is 37.3 Å². The number of rotatable bonds is 85. The van der Waals surface area contributed by atoms with Crippen molar-refractivity contribution >= 4 is 39.5 Å². The lowest BCUT2D eigenvalue weighted by Gasteiger charge is -2.21. The number of hydrogen-bond donors (Lipinski definition) is 3. The van der Waals surface area contributed by atoms with Gasteiger partial charge in [-0.2, -0.15) is 0 Å². The van der Waals surface area contributed by atoms with E-state index < -0.39 is 97.5 Å². The van der Waals surface area contributed by atoms with E-state index in [1.165, 1.54) is 283 Å². The van der Waals surface area contributed by atoms with Crippen LogP contribution in [-0.4, -0.2) is 96.7 Å². The van der Waals surface area contributed by atoms with Crippen LogP contribution in [0.1, 0.15) is 458 Å². The summed E-state index contributed by atoms with van der Waals surface area (Å²) < 4.78 is 68.8. The average molecular weight is 1520 g/mol. The van der Waals surface area contributed by atoms with Gasteiger partial charge in [0.15, 0.2) is 12.2 Å². The number of aliphatic hydroxyl groups excluding tert-OH is 1. The maximum atomic E-state index is 13.1. The third-order valence-corrected chi connectivity index (χ3v) is 21.9. The maximum Gasteiger partial charge on any atom is 0.472 e. The second-order valence-electron chi connectivity index (χ2n) is 31.1. The first kappa shape index (κ1) is 102. The van der Waals surface area contributed by atoms with Crippen molar-refractivity contribution in [3.63, 3.8) is 0 Å². The molecule has 0 spiro atoms. The van der Waals surface area contributed by atoms with Crippen LogP contribution in [-0.2, 0) is 65.4 Å². The SMILES string of the molecule is CCCCCCCCCCCCCCCCCCCCCCC(=O)O[C@H](COC(=O)CCCCCCCCCCCCCCCCCCC(C)C)COP(=O)(O)OC[C@@H](O)COP(=O)(O)OC[C@@H](COC(=O)CCCCCCCCCCC)OC(=O)CCCCCCCCCCCCCCCCCC. The highest BCUT2D eigenvalue weighted by atomic mass is 31.2. The van der Waals surface area contributed by atoms with E-state index in [4.69, 9.17) is 37.0 Å². The molecule has 0 aliphatic rings. The van der Waals surface area contributed by atoms with Crippen LogP contribution >= 0.6 is 15.6 Å². The molecule has 0 saturated carbocycles. The van der Waals surface area contributed by atoms with Gasteiger partial charge < -0.3 is 33.8 Å². The minimum Gasteiger partial charge on any atom is -0.462 e. The van der Waals surface area contributed by atoms with E-state index in [-0.39, 0.29) is 25.7 Å². The Morgan fingerprint density at radius 2 is 0.442 bits per heavy atom. The average Bonchev–Trinajstić information content (AvgIpc) is 0.907. The molecule has 19 heteroatoms. The summed E-state index contributed by atoms with van der Waals surface area (Å²) in [4.78, 5) is 73.1. The minimum absolute atomic E-state index is 0.109. The van der Waals surface area contributed by atoms with Gasteiger partial charge in [0.2, 0.25) is 0 Å². The molecule has 0 aromatic heterocycles. The minimum atomic E-state index is -4.96. The lowest BCUT2D eigenvalue weighted by Crippen LogP contribution is -2.30. The Morgan fingerprint density at radius 3 is 0.654 bits per heavy atom. The van der Waals surface area contributed by atoms with Crippen LogP contribution in [0.15, 0.2) is 0 Å². The van der Waals surface area contributed by atoms with Gasteiger partial charge in [-0.1, -0.05) is 407 Å². The molecule has 17 nitrogen and oxygen atoms in total. The number of esters is 4. The summed E-state index contributed by atoms with van der Waals surface area (Å²) >= 11 is 0. The first-order chi connectivity index (χ1) is 50.5. The largest absolute Gasteiger partial charge is 0.472 e. The van der Waals surface area contributed by atoms with E-state index in [1.54, 1.807) is 0 Å². The van der Waals surface area contributed by atoms with Gasteiger partial charge in [-0.25, -0.2) is 9.13 Å². The smallest absolute Gasteiger partial charge is 0.462 e. The van der Waals surface area contributed by atoms with Crippen LogP contribution in [0.5, 0.6) is 0 Å². The normalized spacial score (nSPS) is 13.8. The fourth-order valence-corrected chi connectivity index (χ4v) is 14.9. The lowest BCUT2D eigenvalue weighted by atomic mass is 10.0. The van der Waals surface area contributed by atoms with Crippen molar-refractivity contribution in [3.8, 4) is 0 Å². The second kappa shape index (κ2) is 77.8. The van der Waals surface area contributed by atoms with Crippen LogP contribution in [0, 0.1) is 5.92 Å². The van der Waals surface area contributed by atoms with Crippen molar-refractivity contribution in [1.29, 1.82) is 0 Å². The highest BCUT2D eigenvalue weighted by Gasteiger charge is 2.30. The van der Waals surface area contributed by atoms with Gasteiger partial charge in [-0.15, -0.1) is 0 Å². The molecule has 0 bridgehead atoms. The number of phosphoric acid groups is 2. The zero-order valence-corrected chi connectivity index (χ0v) is 70.0. The summed E-state index contributed by atoms with van der Waals surface area (Å²) in [5.41, 5.74) is 0. The molecule has 5 atom stereocenters. The maximum absolute atomic E-state index is 13.1. The van der Waals surface area contributed by atoms with Crippen molar-refractivity contribution in [2.24, 2.45) is 5.92 Å². The van der Waals surface area contributed by atoms with Crippen molar-refractivity contribution in [1.82, 2.24) is 0 Å². The molecule has 0 radical (unpaired) electrons. The van der Waals surface area contributed by atoms with Crippen molar-refractivity contribution in [2.75, 3.05) is 39.6 Å². The van der Waals surface area contributed by atoms with Gasteiger partial charge in [0, 0.05) is 25.7 Å². The number of aliphatic hydroxyl groups is 1. The van der Waals surface area contributed by atoms with Crippen molar-refractivity contribution in [2.45, 2.75) is 477 Å². The molecule has 2 unspecified atom stereocenters. The number of carbonyl (C=O) groups excluding carboxylic acids is 4. The second-order valence-corrected chi connectivity index (χ2v) is 34.0. The molecule has 0 heterocycles. The van der Waals surface area contributed by atoms with Crippen LogP contribution in [0.4, 0.5) is 0 Å². The Hall–Kier alpha value is -1.94. The Bertz CT molecular complexity index is 1980. The van der Waals surface area contributed by atoms with Crippen LogP contribution < -0.4 is 0 Å². The highest BCUT2D eigenvalue weighted by Crippen LogP contribution is 2.45. The Balaban J connectivity index is 5.21. The number of carbonyl (C=O) groups is 4. The number of unbranched alkanes of at least 4 members (excludes halogenated alkanes) is 57. The zero-order chi connectivity index (χ0) is 76.2. The van der Waals surface area contributed by atoms with Gasteiger partial charge in [0.25, 0.3) is 0 Å². The molecule has 0 rings (SSSR count). The predicted molar refractivity (Wildman–Crippen MR) is 428 cm³/mol. The summed E-state index contributed by atoms with van der Waals surface area (Å²) in [6.07, 6.45) is 70.8. The third kappa shape index (κ3) is 78.2. The van der Waals surface area contributed by atoms with Gasteiger partial charge >= 0.3 is 39.5 Å².